The minimum atomic E-state index is 0.111. The average Bonchev–Trinajstić information content (AvgIpc) is 2.53. The molecule has 0 spiro atoms. The molecule has 21 heavy (non-hydrogen) atoms. The first-order valence-electron chi connectivity index (χ1n) is 7.94. The summed E-state index contributed by atoms with van der Waals surface area (Å²) in [4.78, 5) is 2.43. The molecule has 1 aliphatic heterocycles. The van der Waals surface area contributed by atoms with E-state index >= 15 is 0 Å². The first-order valence-corrected chi connectivity index (χ1v) is 7.94. The van der Waals surface area contributed by atoms with Gasteiger partial charge in [0.05, 0.1) is 6.61 Å². The Balaban J connectivity index is 1.82. The third-order valence-electron chi connectivity index (χ3n) is 4.08. The quantitative estimate of drug-likeness (QED) is 0.875. The molecule has 0 aliphatic carbocycles. The molecule has 1 saturated heterocycles. The molecule has 1 aliphatic rings. The summed E-state index contributed by atoms with van der Waals surface area (Å²) < 4.78 is 11.6. The lowest BCUT2D eigenvalue weighted by Gasteiger charge is -2.35. The molecule has 118 valence electrons. The molecule has 1 fully saturated rings. The summed E-state index contributed by atoms with van der Waals surface area (Å²) in [6.07, 6.45) is 1.10. The summed E-state index contributed by atoms with van der Waals surface area (Å²) in [6.45, 7) is 9.88. The van der Waals surface area contributed by atoms with Gasteiger partial charge >= 0.3 is 0 Å². The Hall–Kier alpha value is -1.10. The van der Waals surface area contributed by atoms with Gasteiger partial charge in [0.25, 0.3) is 0 Å². The van der Waals surface area contributed by atoms with E-state index in [1.54, 1.807) is 0 Å². The summed E-state index contributed by atoms with van der Waals surface area (Å²) in [6, 6.07) is 8.76. The number of hydrogen-bond donors (Lipinski definition) is 1. The van der Waals surface area contributed by atoms with E-state index in [0.29, 0.717) is 12.6 Å². The van der Waals surface area contributed by atoms with Gasteiger partial charge in [-0.15, -0.1) is 0 Å². The maximum atomic E-state index is 6.01. The second-order valence-electron chi connectivity index (χ2n) is 5.98. The maximum Gasteiger partial charge on any atom is 0.119 e. The number of rotatable bonds is 6. The molecule has 0 radical (unpaired) electrons. The van der Waals surface area contributed by atoms with Crippen molar-refractivity contribution in [1.82, 2.24) is 4.90 Å². The van der Waals surface area contributed by atoms with Crippen LogP contribution in [0.25, 0.3) is 0 Å². The first-order chi connectivity index (χ1) is 10.1. The van der Waals surface area contributed by atoms with Crippen molar-refractivity contribution in [2.24, 2.45) is 5.73 Å². The molecule has 2 rings (SSSR count). The highest BCUT2D eigenvalue weighted by atomic mass is 16.5. The van der Waals surface area contributed by atoms with E-state index in [-0.39, 0.29) is 12.1 Å². The van der Waals surface area contributed by atoms with Crippen LogP contribution >= 0.6 is 0 Å². The van der Waals surface area contributed by atoms with E-state index in [1.807, 2.05) is 24.3 Å². The van der Waals surface area contributed by atoms with Crippen LogP contribution in [0.15, 0.2) is 24.3 Å². The number of morpholine rings is 1. The maximum absolute atomic E-state index is 6.01. The second kappa shape index (κ2) is 7.78. The monoisotopic (exact) mass is 292 g/mol. The summed E-state index contributed by atoms with van der Waals surface area (Å²) in [5.41, 5.74) is 7.17. The molecule has 2 atom stereocenters. The lowest BCUT2D eigenvalue weighted by Crippen LogP contribution is -2.47. The van der Waals surface area contributed by atoms with Crippen molar-refractivity contribution < 1.29 is 9.47 Å². The summed E-state index contributed by atoms with van der Waals surface area (Å²) in [5.74, 6) is 0.882. The highest BCUT2D eigenvalue weighted by molar-refractivity contribution is 5.29. The molecule has 2 N–H and O–H groups in total. The van der Waals surface area contributed by atoms with E-state index in [0.717, 1.165) is 37.4 Å². The van der Waals surface area contributed by atoms with Crippen LogP contribution in [0.3, 0.4) is 0 Å². The van der Waals surface area contributed by atoms with Gasteiger partial charge in [0, 0.05) is 25.2 Å². The van der Waals surface area contributed by atoms with Crippen LogP contribution in [0.1, 0.15) is 38.8 Å². The van der Waals surface area contributed by atoms with Gasteiger partial charge in [0.2, 0.25) is 0 Å². The highest BCUT2D eigenvalue weighted by Crippen LogP contribution is 2.19. The van der Waals surface area contributed by atoms with Gasteiger partial charge in [-0.05, 0) is 38.0 Å². The van der Waals surface area contributed by atoms with E-state index in [2.05, 4.69) is 25.7 Å². The van der Waals surface area contributed by atoms with Gasteiger partial charge in [-0.3, -0.25) is 4.90 Å². The molecule has 1 aromatic rings. The molecule has 0 aromatic heterocycles. The van der Waals surface area contributed by atoms with Gasteiger partial charge in [0.1, 0.15) is 18.5 Å². The average molecular weight is 292 g/mol. The fourth-order valence-corrected chi connectivity index (χ4v) is 2.55. The van der Waals surface area contributed by atoms with Gasteiger partial charge in [-0.25, -0.2) is 0 Å². The topological polar surface area (TPSA) is 47.7 Å². The molecule has 4 nitrogen and oxygen atoms in total. The van der Waals surface area contributed by atoms with E-state index in [1.165, 1.54) is 0 Å². The van der Waals surface area contributed by atoms with Gasteiger partial charge < -0.3 is 15.2 Å². The van der Waals surface area contributed by atoms with Crippen LogP contribution in [0.4, 0.5) is 0 Å². The minimum Gasteiger partial charge on any atom is -0.491 e. The minimum absolute atomic E-state index is 0.111. The highest BCUT2D eigenvalue weighted by Gasteiger charge is 2.22. The van der Waals surface area contributed by atoms with Crippen molar-refractivity contribution in [3.8, 4) is 5.75 Å². The molecule has 0 bridgehead atoms. The summed E-state index contributed by atoms with van der Waals surface area (Å²) >= 11 is 0. The SMILES string of the molecule is CC[C@H](N)c1ccc(OCC2CN(C(C)C)CCO2)cc1. The van der Waals surface area contributed by atoms with Crippen molar-refractivity contribution in [3.05, 3.63) is 29.8 Å². The molecule has 1 heterocycles. The van der Waals surface area contributed by atoms with Crippen molar-refractivity contribution in [3.63, 3.8) is 0 Å². The summed E-state index contributed by atoms with van der Waals surface area (Å²) in [5, 5.41) is 0. The standard InChI is InChI=1S/C17H28N2O2/c1-4-17(18)14-5-7-15(8-6-14)21-12-16-11-19(13(2)3)9-10-20-16/h5-8,13,16-17H,4,9-12,18H2,1-3H3/t16?,17-/m0/s1. The van der Waals surface area contributed by atoms with Crippen LogP contribution < -0.4 is 10.5 Å². The zero-order chi connectivity index (χ0) is 15.2. The number of nitrogens with zero attached hydrogens (tertiary/aromatic N) is 1. The van der Waals surface area contributed by atoms with Crippen molar-refractivity contribution in [2.75, 3.05) is 26.3 Å². The Morgan fingerprint density at radius 2 is 2.05 bits per heavy atom. The number of ether oxygens (including phenoxy) is 2. The first kappa shape index (κ1) is 16.3. The molecule has 1 aromatic carbocycles. The number of hydrogen-bond acceptors (Lipinski definition) is 4. The van der Waals surface area contributed by atoms with E-state index < -0.39 is 0 Å². The Bertz CT molecular complexity index is 419. The molecule has 0 amide bonds. The summed E-state index contributed by atoms with van der Waals surface area (Å²) in [7, 11) is 0. The molecule has 4 heteroatoms. The van der Waals surface area contributed by atoms with Crippen LogP contribution in [-0.2, 0) is 4.74 Å². The third-order valence-corrected chi connectivity index (χ3v) is 4.08. The molecular formula is C17H28N2O2. The van der Waals surface area contributed by atoms with Gasteiger partial charge in [-0.2, -0.15) is 0 Å². The van der Waals surface area contributed by atoms with Gasteiger partial charge in [0.15, 0.2) is 0 Å². The third kappa shape index (κ3) is 4.70. The molecular weight excluding hydrogens is 264 g/mol. The largest absolute Gasteiger partial charge is 0.491 e. The van der Waals surface area contributed by atoms with Gasteiger partial charge in [-0.1, -0.05) is 19.1 Å². The predicted octanol–water partition coefficient (Wildman–Crippen LogP) is 2.58. The smallest absolute Gasteiger partial charge is 0.119 e. The molecule has 1 unspecified atom stereocenters. The number of benzene rings is 1. The van der Waals surface area contributed by atoms with E-state index in [4.69, 9.17) is 15.2 Å². The van der Waals surface area contributed by atoms with Crippen molar-refractivity contribution in [1.29, 1.82) is 0 Å². The lowest BCUT2D eigenvalue weighted by molar-refractivity contribution is -0.0564. The Kier molecular flexibility index (Phi) is 6.03. The Morgan fingerprint density at radius 1 is 1.33 bits per heavy atom. The Morgan fingerprint density at radius 3 is 2.67 bits per heavy atom. The fraction of sp³-hybridized carbons (Fsp3) is 0.647. The zero-order valence-corrected chi connectivity index (χ0v) is 13.4. The number of nitrogens with two attached hydrogens (primary N) is 1. The van der Waals surface area contributed by atoms with Crippen LogP contribution in [0.2, 0.25) is 0 Å². The Labute approximate surface area is 128 Å². The zero-order valence-electron chi connectivity index (χ0n) is 13.4. The fourth-order valence-electron chi connectivity index (χ4n) is 2.55. The molecule has 0 saturated carbocycles. The van der Waals surface area contributed by atoms with Crippen molar-refractivity contribution in [2.45, 2.75) is 45.4 Å². The van der Waals surface area contributed by atoms with Crippen molar-refractivity contribution >= 4 is 0 Å². The lowest BCUT2D eigenvalue weighted by atomic mass is 10.1. The normalized spacial score (nSPS) is 21.5. The van der Waals surface area contributed by atoms with Crippen LogP contribution in [-0.4, -0.2) is 43.3 Å². The second-order valence-corrected chi connectivity index (χ2v) is 5.98. The van der Waals surface area contributed by atoms with Crippen LogP contribution in [0.5, 0.6) is 5.75 Å². The predicted molar refractivity (Wildman–Crippen MR) is 85.6 cm³/mol. The van der Waals surface area contributed by atoms with Crippen LogP contribution in [0, 0.1) is 0 Å². The van der Waals surface area contributed by atoms with E-state index in [9.17, 15) is 0 Å².